The van der Waals surface area contributed by atoms with Gasteiger partial charge in [-0.25, -0.2) is 20.4 Å². The highest BCUT2D eigenvalue weighted by Gasteiger charge is 2.54. The first-order valence-corrected chi connectivity index (χ1v) is 12.6. The zero-order valence-electron chi connectivity index (χ0n) is 20.1. The molecule has 0 bridgehead atoms. The third-order valence-electron chi connectivity index (χ3n) is 8.18. The van der Waals surface area contributed by atoms with Crippen molar-refractivity contribution in [1.29, 1.82) is 5.26 Å². The molecule has 1 amide bonds. The monoisotopic (exact) mass is 512 g/mol. The summed E-state index contributed by atoms with van der Waals surface area (Å²) in [5.74, 6) is 0.636. The number of carbonyl (C=O) groups is 1. The quantitative estimate of drug-likeness (QED) is 0.560. The average molecular weight is 513 g/mol. The van der Waals surface area contributed by atoms with Crippen LogP contribution in [0.4, 0.5) is 13.2 Å². The fourth-order valence-electron chi connectivity index (χ4n) is 5.72. The SMILES string of the molecule is C[C@@H](c1ccc(C(F)(F)F)nc1)N1NC(C#N)C2C(=O)NC(C3CCC3c3ncc(C4CC4)cn3)NC21. The van der Waals surface area contributed by atoms with Crippen LogP contribution in [0.5, 0.6) is 0 Å². The van der Waals surface area contributed by atoms with Crippen LogP contribution in [0.1, 0.15) is 73.1 Å². The predicted molar refractivity (Wildman–Crippen MR) is 124 cm³/mol. The molecule has 3 N–H and O–H groups in total. The summed E-state index contributed by atoms with van der Waals surface area (Å²) in [6.07, 6.45) is 3.80. The highest BCUT2D eigenvalue weighted by molar-refractivity contribution is 5.82. The molecule has 12 heteroatoms. The predicted octanol–water partition coefficient (Wildman–Crippen LogP) is 2.72. The first-order chi connectivity index (χ1) is 17.7. The number of fused-ring (bicyclic) bond motifs is 1. The van der Waals surface area contributed by atoms with Crippen LogP contribution in [0.3, 0.4) is 0 Å². The number of hydrogen-bond donors (Lipinski definition) is 3. The van der Waals surface area contributed by atoms with Crippen LogP contribution in [-0.2, 0) is 11.0 Å². The van der Waals surface area contributed by atoms with Gasteiger partial charge in [0.15, 0.2) is 0 Å². The molecule has 0 spiro atoms. The standard InChI is InChI=1S/C25H27F3N8O/c1-12(14-4-7-19(30-9-14)25(26,27)28)36-23-20(18(8-29)35-36)24(37)34-22(33-23)17-6-5-16(17)21-31-10-15(11-32-21)13-2-3-13/h4,7,9-13,16-18,20,22-23,33,35H,2-3,5-6H2,1H3,(H,34,37)/t12-,16?,17?,18?,20?,22?,23?/m0/s1. The van der Waals surface area contributed by atoms with Crippen LogP contribution in [0.2, 0.25) is 0 Å². The Morgan fingerprint density at radius 1 is 1.11 bits per heavy atom. The minimum absolute atomic E-state index is 0.0858. The van der Waals surface area contributed by atoms with Gasteiger partial charge in [-0.1, -0.05) is 6.07 Å². The second-order valence-corrected chi connectivity index (χ2v) is 10.4. The fourth-order valence-corrected chi connectivity index (χ4v) is 5.72. The van der Waals surface area contributed by atoms with E-state index < -0.39 is 36.0 Å². The molecule has 4 aliphatic rings. The second kappa shape index (κ2) is 9.01. The van der Waals surface area contributed by atoms with E-state index in [-0.39, 0.29) is 23.9 Å². The lowest BCUT2D eigenvalue weighted by Gasteiger charge is -2.47. The molecule has 4 fully saturated rings. The number of nitrogens with one attached hydrogen (secondary N) is 3. The number of alkyl halides is 3. The van der Waals surface area contributed by atoms with Crippen molar-refractivity contribution in [1.82, 2.24) is 36.0 Å². The molecular formula is C25H27F3N8O. The van der Waals surface area contributed by atoms with Crippen LogP contribution >= 0.6 is 0 Å². The molecule has 7 atom stereocenters. The van der Waals surface area contributed by atoms with Gasteiger partial charge in [-0.3, -0.25) is 15.1 Å². The Kier molecular flexibility index (Phi) is 5.89. The lowest BCUT2D eigenvalue weighted by atomic mass is 9.70. The molecule has 2 aliphatic heterocycles. The van der Waals surface area contributed by atoms with Crippen LogP contribution in [-0.4, -0.2) is 44.2 Å². The Morgan fingerprint density at radius 3 is 2.43 bits per heavy atom. The average Bonchev–Trinajstić information content (AvgIpc) is 3.63. The van der Waals surface area contributed by atoms with Crippen molar-refractivity contribution < 1.29 is 18.0 Å². The molecule has 37 heavy (non-hydrogen) atoms. The molecule has 2 aromatic heterocycles. The minimum Gasteiger partial charge on any atom is -0.340 e. The largest absolute Gasteiger partial charge is 0.433 e. The molecule has 6 rings (SSSR count). The Balaban J connectivity index is 1.20. The third-order valence-corrected chi connectivity index (χ3v) is 8.18. The minimum atomic E-state index is -4.53. The number of nitriles is 1. The van der Waals surface area contributed by atoms with Gasteiger partial charge in [0.2, 0.25) is 5.91 Å². The van der Waals surface area contributed by atoms with Gasteiger partial charge in [0.25, 0.3) is 0 Å². The number of nitrogens with zero attached hydrogens (tertiary/aromatic N) is 5. The number of hydrazine groups is 1. The summed E-state index contributed by atoms with van der Waals surface area (Å²) in [4.78, 5) is 26.0. The van der Waals surface area contributed by atoms with Gasteiger partial charge >= 0.3 is 6.18 Å². The summed E-state index contributed by atoms with van der Waals surface area (Å²) in [5.41, 5.74) is 3.83. The zero-order chi connectivity index (χ0) is 25.9. The summed E-state index contributed by atoms with van der Waals surface area (Å²) in [6, 6.07) is 3.24. The van der Waals surface area contributed by atoms with E-state index in [0.717, 1.165) is 24.7 Å². The van der Waals surface area contributed by atoms with E-state index >= 15 is 0 Å². The number of carbonyl (C=O) groups excluding carboxylic acids is 1. The first kappa shape index (κ1) is 24.2. The fraction of sp³-hybridized carbons (Fsp3) is 0.560. The zero-order valence-corrected chi connectivity index (χ0v) is 20.1. The van der Waals surface area contributed by atoms with E-state index in [9.17, 15) is 23.2 Å². The lowest BCUT2D eigenvalue weighted by molar-refractivity contribution is -0.141. The number of rotatable bonds is 5. The molecule has 2 aromatic rings. The highest BCUT2D eigenvalue weighted by Crippen LogP contribution is 2.45. The van der Waals surface area contributed by atoms with Crippen molar-refractivity contribution in [2.75, 3.05) is 0 Å². The molecule has 2 aliphatic carbocycles. The van der Waals surface area contributed by atoms with Crippen LogP contribution in [0.15, 0.2) is 30.7 Å². The van der Waals surface area contributed by atoms with Gasteiger partial charge in [0.05, 0.1) is 24.3 Å². The normalized spacial score (nSPS) is 32.7. The van der Waals surface area contributed by atoms with Crippen molar-refractivity contribution in [2.24, 2.45) is 11.8 Å². The van der Waals surface area contributed by atoms with E-state index in [1.165, 1.54) is 30.7 Å². The van der Waals surface area contributed by atoms with E-state index in [1.54, 1.807) is 11.9 Å². The number of hydrogen-bond acceptors (Lipinski definition) is 8. The van der Waals surface area contributed by atoms with Crippen LogP contribution in [0, 0.1) is 23.2 Å². The molecule has 6 unspecified atom stereocenters. The van der Waals surface area contributed by atoms with Gasteiger partial charge in [-0.05, 0) is 55.7 Å². The first-order valence-electron chi connectivity index (χ1n) is 12.6. The van der Waals surface area contributed by atoms with Gasteiger partial charge in [-0.15, -0.1) is 0 Å². The van der Waals surface area contributed by atoms with Crippen LogP contribution in [0.25, 0.3) is 0 Å². The number of amides is 1. The third kappa shape index (κ3) is 4.35. The smallest absolute Gasteiger partial charge is 0.340 e. The number of halogens is 3. The number of aromatic nitrogens is 3. The summed E-state index contributed by atoms with van der Waals surface area (Å²) < 4.78 is 38.9. The number of pyridine rings is 1. The van der Waals surface area contributed by atoms with Gasteiger partial charge in [0.1, 0.15) is 17.6 Å². The van der Waals surface area contributed by atoms with E-state index in [0.29, 0.717) is 11.5 Å². The summed E-state index contributed by atoms with van der Waals surface area (Å²) in [7, 11) is 0. The topological polar surface area (TPSA) is 119 Å². The second-order valence-electron chi connectivity index (χ2n) is 10.4. The highest BCUT2D eigenvalue weighted by atomic mass is 19.4. The summed E-state index contributed by atoms with van der Waals surface area (Å²) in [5, 5.41) is 18.0. The molecule has 4 heterocycles. The van der Waals surface area contributed by atoms with Crippen LogP contribution < -0.4 is 16.1 Å². The Morgan fingerprint density at radius 2 is 1.86 bits per heavy atom. The maximum absolute atomic E-state index is 13.2. The van der Waals surface area contributed by atoms with E-state index in [1.807, 2.05) is 12.4 Å². The van der Waals surface area contributed by atoms with Crippen molar-refractivity contribution in [3.8, 4) is 6.07 Å². The van der Waals surface area contributed by atoms with Crippen molar-refractivity contribution in [3.63, 3.8) is 0 Å². The van der Waals surface area contributed by atoms with Gasteiger partial charge < -0.3 is 5.32 Å². The van der Waals surface area contributed by atoms with Gasteiger partial charge in [-0.2, -0.15) is 18.4 Å². The Hall–Kier alpha value is -3.14. The summed E-state index contributed by atoms with van der Waals surface area (Å²) >= 11 is 0. The molecule has 9 nitrogen and oxygen atoms in total. The maximum atomic E-state index is 13.2. The molecule has 0 aromatic carbocycles. The molecule has 194 valence electrons. The van der Waals surface area contributed by atoms with Gasteiger partial charge in [0, 0.05) is 36.5 Å². The Bertz CT molecular complexity index is 1210. The Labute approximate surface area is 211 Å². The van der Waals surface area contributed by atoms with E-state index in [4.69, 9.17) is 0 Å². The van der Waals surface area contributed by atoms with Crippen molar-refractivity contribution in [3.05, 3.63) is 53.4 Å². The summed E-state index contributed by atoms with van der Waals surface area (Å²) in [6.45, 7) is 1.80. The molecule has 2 saturated heterocycles. The van der Waals surface area contributed by atoms with E-state index in [2.05, 4.69) is 37.1 Å². The van der Waals surface area contributed by atoms with Crippen molar-refractivity contribution in [2.45, 2.75) is 75.0 Å². The van der Waals surface area contributed by atoms with Crippen molar-refractivity contribution >= 4 is 5.91 Å². The molecule has 0 radical (unpaired) electrons. The maximum Gasteiger partial charge on any atom is 0.433 e. The lowest BCUT2D eigenvalue weighted by Crippen LogP contribution is -2.68. The molecular weight excluding hydrogens is 485 g/mol. The molecule has 2 saturated carbocycles.